The lowest BCUT2D eigenvalue weighted by atomic mass is 9.77. The number of carbonyl (C=O) groups excluding carboxylic acids is 3. The number of fused-ring (bicyclic) bond motifs is 2. The lowest BCUT2D eigenvalue weighted by Crippen LogP contribution is -2.55. The van der Waals surface area contributed by atoms with E-state index in [1.807, 2.05) is 43.4 Å². The van der Waals surface area contributed by atoms with E-state index < -0.39 is 29.6 Å². The van der Waals surface area contributed by atoms with E-state index in [9.17, 15) is 14.4 Å². The van der Waals surface area contributed by atoms with Gasteiger partial charge in [0.25, 0.3) is 5.91 Å². The molecule has 8 nitrogen and oxygen atoms in total. The van der Waals surface area contributed by atoms with Crippen LogP contribution < -0.4 is 4.90 Å². The van der Waals surface area contributed by atoms with Crippen LogP contribution in [0.1, 0.15) is 39.0 Å². The molecule has 4 heterocycles. The van der Waals surface area contributed by atoms with E-state index in [2.05, 4.69) is 0 Å². The van der Waals surface area contributed by atoms with Crippen molar-refractivity contribution in [2.24, 2.45) is 11.8 Å². The number of benzene rings is 1. The topological polar surface area (TPSA) is 90.4 Å². The van der Waals surface area contributed by atoms with E-state index in [0.29, 0.717) is 43.2 Å². The number of unbranched alkanes of at least 4 members (excludes halogenated alkanes) is 3. The number of anilines is 1. The average molecular weight is 542 g/mol. The molecule has 4 aliphatic heterocycles. The molecule has 1 N–H and O–H groups in total. The number of aliphatic hydroxyl groups is 1. The summed E-state index contributed by atoms with van der Waals surface area (Å²) in [5.41, 5.74) is -0.656. The van der Waals surface area contributed by atoms with Crippen LogP contribution in [0.3, 0.4) is 0 Å². The van der Waals surface area contributed by atoms with Crippen LogP contribution in [0.25, 0.3) is 0 Å². The highest BCUT2D eigenvalue weighted by atomic mass is 35.5. The highest BCUT2D eigenvalue weighted by molar-refractivity contribution is 6.34. The van der Waals surface area contributed by atoms with Gasteiger partial charge in [-0.05, 0) is 31.4 Å². The third-order valence-corrected chi connectivity index (χ3v) is 8.51. The molecule has 1 aromatic carbocycles. The summed E-state index contributed by atoms with van der Waals surface area (Å²) in [6.45, 7) is 3.92. The Balaban J connectivity index is 1.54. The first kappa shape index (κ1) is 26.9. The number of ether oxygens (including phenoxy) is 1. The Labute approximate surface area is 228 Å². The summed E-state index contributed by atoms with van der Waals surface area (Å²) in [5.74, 6) is -2.01. The number of aliphatic hydroxyl groups excluding tert-OH is 1. The number of hydrogen-bond acceptors (Lipinski definition) is 5. The van der Waals surface area contributed by atoms with E-state index in [1.54, 1.807) is 26.8 Å². The van der Waals surface area contributed by atoms with Gasteiger partial charge in [0.05, 0.1) is 28.6 Å². The van der Waals surface area contributed by atoms with E-state index in [0.717, 1.165) is 19.3 Å². The highest BCUT2D eigenvalue weighted by Gasteiger charge is 2.71. The molecule has 1 unspecified atom stereocenters. The SMILES string of the molecule is CCCN1CC=C[C@@H]2O[C@]34C=CCN(c5ccccc5Cl)C(=O)C3N(CCCCCCO)C(=O)[C@@H]4[C@@H]2C1=O. The third-order valence-electron chi connectivity index (χ3n) is 8.19. The second-order valence-electron chi connectivity index (χ2n) is 10.5. The highest BCUT2D eigenvalue weighted by Crippen LogP contribution is 2.53. The molecule has 3 amide bonds. The molecule has 2 fully saturated rings. The van der Waals surface area contributed by atoms with E-state index in [-0.39, 0.29) is 30.9 Å². The minimum atomic E-state index is -1.24. The van der Waals surface area contributed by atoms with Crippen LogP contribution in [0.2, 0.25) is 5.02 Å². The fourth-order valence-corrected chi connectivity index (χ4v) is 6.77. The van der Waals surface area contributed by atoms with Crippen LogP contribution in [-0.2, 0) is 19.1 Å². The molecule has 5 rings (SSSR count). The third kappa shape index (κ3) is 4.46. The van der Waals surface area contributed by atoms with Gasteiger partial charge in [-0.2, -0.15) is 0 Å². The first-order valence-electron chi connectivity index (χ1n) is 13.7. The van der Waals surface area contributed by atoms with Crippen molar-refractivity contribution in [2.75, 3.05) is 37.7 Å². The second-order valence-corrected chi connectivity index (χ2v) is 10.9. The Hall–Kier alpha value is -2.68. The van der Waals surface area contributed by atoms with Crippen molar-refractivity contribution in [3.8, 4) is 0 Å². The van der Waals surface area contributed by atoms with Crippen LogP contribution >= 0.6 is 11.6 Å². The number of nitrogens with zero attached hydrogens (tertiary/aromatic N) is 3. The van der Waals surface area contributed by atoms with Gasteiger partial charge in [-0.3, -0.25) is 14.4 Å². The van der Waals surface area contributed by atoms with Crippen LogP contribution in [0, 0.1) is 11.8 Å². The van der Waals surface area contributed by atoms with Gasteiger partial charge in [-0.15, -0.1) is 0 Å². The Morgan fingerprint density at radius 1 is 1.00 bits per heavy atom. The zero-order valence-electron chi connectivity index (χ0n) is 21.8. The molecule has 9 heteroatoms. The van der Waals surface area contributed by atoms with Gasteiger partial charge in [0, 0.05) is 32.8 Å². The molecule has 0 bridgehead atoms. The Kier molecular flexibility index (Phi) is 7.93. The molecule has 4 aliphatic rings. The van der Waals surface area contributed by atoms with Crippen molar-refractivity contribution in [1.29, 1.82) is 0 Å². The first-order valence-corrected chi connectivity index (χ1v) is 14.1. The zero-order valence-corrected chi connectivity index (χ0v) is 22.6. The van der Waals surface area contributed by atoms with Gasteiger partial charge in [-0.25, -0.2) is 0 Å². The molecule has 38 heavy (non-hydrogen) atoms. The molecule has 0 radical (unpaired) electrons. The monoisotopic (exact) mass is 541 g/mol. The van der Waals surface area contributed by atoms with Gasteiger partial charge in [-0.1, -0.05) is 67.8 Å². The summed E-state index contributed by atoms with van der Waals surface area (Å²) in [5, 5.41) is 9.59. The van der Waals surface area contributed by atoms with Crippen molar-refractivity contribution >= 4 is 35.0 Å². The van der Waals surface area contributed by atoms with Gasteiger partial charge in [0.1, 0.15) is 11.6 Å². The lowest BCUT2D eigenvalue weighted by Gasteiger charge is -2.35. The number of hydrogen-bond donors (Lipinski definition) is 1. The van der Waals surface area contributed by atoms with Gasteiger partial charge in [0.15, 0.2) is 0 Å². The Bertz CT molecular complexity index is 1140. The molecular weight excluding hydrogens is 506 g/mol. The summed E-state index contributed by atoms with van der Waals surface area (Å²) in [4.78, 5) is 47.4. The smallest absolute Gasteiger partial charge is 0.253 e. The minimum absolute atomic E-state index is 0.0892. The molecule has 0 aromatic heterocycles. The molecule has 0 aliphatic carbocycles. The van der Waals surface area contributed by atoms with Crippen molar-refractivity contribution in [3.05, 3.63) is 53.6 Å². The fourth-order valence-electron chi connectivity index (χ4n) is 6.53. The minimum Gasteiger partial charge on any atom is -0.396 e. The maximum absolute atomic E-state index is 14.3. The Morgan fingerprint density at radius 2 is 1.79 bits per heavy atom. The molecule has 1 aromatic rings. The van der Waals surface area contributed by atoms with Crippen LogP contribution in [0.4, 0.5) is 5.69 Å². The summed E-state index contributed by atoms with van der Waals surface area (Å²) < 4.78 is 6.67. The lowest BCUT2D eigenvalue weighted by molar-refractivity contribution is -0.144. The molecular formula is C29H36ClN3O5. The average Bonchev–Trinajstić information content (AvgIpc) is 3.22. The predicted molar refractivity (Wildman–Crippen MR) is 145 cm³/mol. The summed E-state index contributed by atoms with van der Waals surface area (Å²) in [7, 11) is 0. The van der Waals surface area contributed by atoms with Crippen LogP contribution in [0.5, 0.6) is 0 Å². The maximum atomic E-state index is 14.3. The van der Waals surface area contributed by atoms with Gasteiger partial charge >= 0.3 is 0 Å². The first-order chi connectivity index (χ1) is 18.4. The van der Waals surface area contributed by atoms with Crippen molar-refractivity contribution in [1.82, 2.24) is 9.80 Å². The van der Waals surface area contributed by atoms with E-state index >= 15 is 0 Å². The largest absolute Gasteiger partial charge is 0.396 e. The van der Waals surface area contributed by atoms with Crippen LogP contribution in [-0.4, -0.2) is 83.2 Å². The zero-order chi connectivity index (χ0) is 26.9. The molecule has 1 spiro atoms. The predicted octanol–water partition coefficient (Wildman–Crippen LogP) is 3.18. The van der Waals surface area contributed by atoms with Gasteiger partial charge < -0.3 is 24.5 Å². The second kappa shape index (κ2) is 11.2. The fraction of sp³-hybridized carbons (Fsp3) is 0.552. The van der Waals surface area contributed by atoms with Crippen molar-refractivity contribution in [3.63, 3.8) is 0 Å². The number of likely N-dealkylation sites (tertiary alicyclic amines) is 1. The number of rotatable bonds is 9. The van der Waals surface area contributed by atoms with E-state index in [1.165, 1.54) is 0 Å². The van der Waals surface area contributed by atoms with Gasteiger partial charge in [0.2, 0.25) is 11.8 Å². The standard InChI is InChI=1S/C29H36ClN3O5/c1-2-15-31-16-9-13-22-23(26(31)35)24-27(36)33(17-7-3-4-8-19-34)25-28(37)32(18-10-14-29(24,25)38-22)21-12-6-5-11-20(21)30/h5-6,9-14,22-25,34H,2-4,7-8,15-19H2,1H3/t22-,23+,24-,25?,29-/m0/s1. The number of amides is 3. The quantitative estimate of drug-likeness (QED) is 0.383. The van der Waals surface area contributed by atoms with Crippen molar-refractivity contribution < 1.29 is 24.2 Å². The number of para-hydroxylation sites is 1. The molecule has 204 valence electrons. The van der Waals surface area contributed by atoms with Crippen molar-refractivity contribution in [2.45, 2.75) is 56.8 Å². The number of carbonyl (C=O) groups is 3. The maximum Gasteiger partial charge on any atom is 0.253 e. The number of halogens is 1. The summed E-state index contributed by atoms with van der Waals surface area (Å²) in [6.07, 6.45) is 10.9. The molecule has 2 saturated heterocycles. The summed E-state index contributed by atoms with van der Waals surface area (Å²) >= 11 is 6.50. The van der Waals surface area contributed by atoms with E-state index in [4.69, 9.17) is 21.4 Å². The molecule has 5 atom stereocenters. The normalized spacial score (nSPS) is 30.4. The van der Waals surface area contributed by atoms with Crippen LogP contribution in [0.15, 0.2) is 48.6 Å². The Morgan fingerprint density at radius 3 is 2.55 bits per heavy atom. The molecule has 0 saturated carbocycles. The summed E-state index contributed by atoms with van der Waals surface area (Å²) in [6, 6.07) is 6.28.